The first-order valence-electron chi connectivity index (χ1n) is 20.4. The number of phenols is 4. The zero-order valence-electron chi connectivity index (χ0n) is 39.8. The lowest BCUT2D eigenvalue weighted by atomic mass is 10.1. The van der Waals surface area contributed by atoms with Crippen LogP contribution in [-0.4, -0.2) is 129 Å². The van der Waals surface area contributed by atoms with Crippen LogP contribution in [0.5, 0.6) is 34.5 Å². The van der Waals surface area contributed by atoms with E-state index in [9.17, 15) is 39.0 Å². The van der Waals surface area contributed by atoms with Crippen molar-refractivity contribution in [2.75, 3.05) is 75.1 Å². The fourth-order valence-corrected chi connectivity index (χ4v) is 5.37. The molecule has 73 heavy (non-hydrogen) atoms. The van der Waals surface area contributed by atoms with E-state index in [1.54, 1.807) is 63.4 Å². The molecule has 19 N–H and O–H groups in total. The van der Waals surface area contributed by atoms with Crippen LogP contribution in [0.4, 0.5) is 34.1 Å². The van der Waals surface area contributed by atoms with Gasteiger partial charge in [0.1, 0.15) is 56.6 Å². The number of carboxylic acids is 5. The lowest BCUT2D eigenvalue weighted by Gasteiger charge is -2.14. The number of methoxy groups -OCH3 is 2. The van der Waals surface area contributed by atoms with Crippen molar-refractivity contribution in [3.8, 4) is 34.5 Å². The minimum Gasteiger partial charge on any atom is -0.507 e. The number of hydrogen-bond donors (Lipinski definition) is 16. The first-order valence-corrected chi connectivity index (χ1v) is 20.4. The number of amides is 1. The lowest BCUT2D eigenvalue weighted by Crippen LogP contribution is -2.18. The third-order valence-corrected chi connectivity index (χ3v) is 9.04. The molecule has 25 heteroatoms. The van der Waals surface area contributed by atoms with Crippen LogP contribution < -0.4 is 47.7 Å². The number of rotatable bonds is 11. The van der Waals surface area contributed by atoms with Gasteiger partial charge in [0.15, 0.2) is 5.75 Å². The van der Waals surface area contributed by atoms with Gasteiger partial charge in [-0.15, -0.1) is 0 Å². The van der Waals surface area contributed by atoms with Crippen molar-refractivity contribution in [1.29, 1.82) is 0 Å². The molecule has 1 amide bonds. The Morgan fingerprint density at radius 3 is 1.38 bits per heavy atom. The summed E-state index contributed by atoms with van der Waals surface area (Å²) in [6.07, 6.45) is 0. The molecule has 0 bridgehead atoms. The number of carbonyl (C=O) groups is 6. The Morgan fingerprint density at radius 1 is 0.466 bits per heavy atom. The van der Waals surface area contributed by atoms with Crippen molar-refractivity contribution in [3.05, 3.63) is 143 Å². The van der Waals surface area contributed by atoms with Crippen LogP contribution in [0.2, 0.25) is 0 Å². The molecule has 6 rings (SSSR count). The predicted octanol–water partition coefficient (Wildman–Crippen LogP) is 5.47. The van der Waals surface area contributed by atoms with E-state index in [1.165, 1.54) is 98.6 Å². The molecule has 25 nitrogen and oxygen atoms in total. The van der Waals surface area contributed by atoms with Crippen molar-refractivity contribution < 1.29 is 89.4 Å². The third kappa shape index (κ3) is 19.3. The van der Waals surface area contributed by atoms with Crippen molar-refractivity contribution in [1.82, 2.24) is 5.48 Å². The number of benzene rings is 6. The number of aromatic carboxylic acids is 5. The molecule has 0 heterocycles. The standard InChI is InChI=1S/C9H11NO3.4C8H9NO3.C7H8N2O3/c1-10(2)7-5-3-4-6(8(7)11)9(12)13;1-12-7-3-2-5(9)4-6(7)8(10)11;1-9-5-2-3-7(10)6(4-5)8(11)12;1-12-7-4-5(9)2-3-6(7)8(10)11;1-9-5-2-3-6(8(11)12)7(10)4-5;8-4-1-2-6(10)5(3-4)7(11)9-12/h3-5,11H,1-2H3,(H,12,13);2-4H,9H2,1H3,(H,10,11);2-4,9-10H,1H3,(H,11,12);2-4H,9H2,1H3,(H,10,11);2-4,9-10H,1H3,(H,11,12);1-3,10,12H,8H2,(H,9,11). The van der Waals surface area contributed by atoms with Gasteiger partial charge in [-0.1, -0.05) is 6.07 Å². The number of hydrogen-bond acceptors (Lipinski definition) is 19. The van der Waals surface area contributed by atoms with Gasteiger partial charge in [-0.25, -0.2) is 29.5 Å². The molecule has 0 aromatic heterocycles. The highest BCUT2D eigenvalue weighted by molar-refractivity contribution is 5.97. The Hall–Kier alpha value is -10.3. The second-order valence-electron chi connectivity index (χ2n) is 14.2. The summed E-state index contributed by atoms with van der Waals surface area (Å²) < 4.78 is 9.65. The summed E-state index contributed by atoms with van der Waals surface area (Å²) in [5, 5.41) is 93.9. The zero-order chi connectivity index (χ0) is 55.7. The van der Waals surface area contributed by atoms with Crippen LogP contribution in [0.25, 0.3) is 0 Å². The van der Waals surface area contributed by atoms with E-state index in [-0.39, 0.29) is 62.1 Å². The van der Waals surface area contributed by atoms with E-state index in [2.05, 4.69) is 10.6 Å². The first-order chi connectivity index (χ1) is 34.3. The van der Waals surface area contributed by atoms with E-state index < -0.39 is 35.8 Å². The van der Waals surface area contributed by atoms with Gasteiger partial charge < -0.3 is 88.2 Å². The van der Waals surface area contributed by atoms with E-state index in [0.29, 0.717) is 39.9 Å². The molecule has 0 saturated carbocycles. The maximum absolute atomic E-state index is 10.8. The fraction of sp³-hybridized carbons (Fsp3) is 0.125. The quantitative estimate of drug-likeness (QED) is 0.0331. The zero-order valence-corrected chi connectivity index (χ0v) is 39.8. The molecule has 0 unspecified atom stereocenters. The second-order valence-corrected chi connectivity index (χ2v) is 14.2. The molecule has 0 atom stereocenters. The summed E-state index contributed by atoms with van der Waals surface area (Å²) in [7, 11) is 9.66. The van der Waals surface area contributed by atoms with E-state index in [1.807, 2.05) is 0 Å². The summed E-state index contributed by atoms with van der Waals surface area (Å²) in [4.78, 5) is 65.2. The number of carboxylic acid groups (broad SMARTS) is 5. The van der Waals surface area contributed by atoms with Gasteiger partial charge in [0, 0.05) is 68.8 Å². The first kappa shape index (κ1) is 60.7. The van der Waals surface area contributed by atoms with Gasteiger partial charge in [-0.2, -0.15) is 0 Å². The van der Waals surface area contributed by atoms with Gasteiger partial charge in [0.25, 0.3) is 5.91 Å². The Morgan fingerprint density at radius 2 is 0.904 bits per heavy atom. The maximum Gasteiger partial charge on any atom is 0.339 e. The van der Waals surface area contributed by atoms with Crippen molar-refractivity contribution in [2.24, 2.45) is 0 Å². The summed E-state index contributed by atoms with van der Waals surface area (Å²) in [5.41, 5.74) is 20.5. The van der Waals surface area contributed by atoms with Crippen LogP contribution in [0.1, 0.15) is 62.1 Å². The topological polar surface area (TPSA) is 441 Å². The highest BCUT2D eigenvalue weighted by Gasteiger charge is 2.15. The van der Waals surface area contributed by atoms with Crippen LogP contribution in [0, 0.1) is 0 Å². The molecular formula is C48H55N7O18. The number of nitrogens with one attached hydrogen (secondary N) is 3. The molecule has 390 valence electrons. The Labute approximate surface area is 416 Å². The molecule has 0 aliphatic rings. The number of hydroxylamine groups is 1. The Balaban J connectivity index is 0.000000438. The number of para-hydroxylation sites is 1. The van der Waals surface area contributed by atoms with E-state index >= 15 is 0 Å². The maximum atomic E-state index is 10.8. The van der Waals surface area contributed by atoms with Gasteiger partial charge in [-0.3, -0.25) is 10.0 Å². The van der Waals surface area contributed by atoms with Crippen LogP contribution in [-0.2, 0) is 0 Å². The molecule has 6 aromatic rings. The number of nitrogen functional groups attached to an aromatic ring is 3. The van der Waals surface area contributed by atoms with Crippen molar-refractivity contribution in [3.63, 3.8) is 0 Å². The monoisotopic (exact) mass is 1020 g/mol. The average Bonchev–Trinajstić information content (AvgIpc) is 3.35. The highest BCUT2D eigenvalue weighted by Crippen LogP contribution is 2.29. The number of phenolic OH excluding ortho intramolecular Hbond substituents is 1. The number of carbonyl (C=O) groups excluding carboxylic acids is 1. The molecular weight excluding hydrogens is 963 g/mol. The average molecular weight is 1020 g/mol. The molecule has 0 aliphatic carbocycles. The smallest absolute Gasteiger partial charge is 0.339 e. The lowest BCUT2D eigenvalue weighted by molar-refractivity contribution is 0.0682. The Bertz CT molecular complexity index is 2880. The number of anilines is 6. The normalized spacial score (nSPS) is 9.47. The molecule has 0 radical (unpaired) electrons. The summed E-state index contributed by atoms with van der Waals surface area (Å²) >= 11 is 0. The van der Waals surface area contributed by atoms with Gasteiger partial charge in [0.05, 0.1) is 25.5 Å². The molecule has 0 saturated heterocycles. The van der Waals surface area contributed by atoms with E-state index in [4.69, 9.17) is 67.6 Å². The minimum absolute atomic E-state index is 0.0579. The van der Waals surface area contributed by atoms with Crippen LogP contribution >= 0.6 is 0 Å². The SMILES string of the molecule is CN(C)c1cccc(C(=O)O)c1O.CNc1ccc(C(=O)O)c(O)c1.CNc1ccc(O)c(C(=O)O)c1.COc1cc(N)ccc1C(=O)O.COc1ccc(N)cc1C(=O)O.Nc1ccc(O)c(C(=O)NO)c1. The summed E-state index contributed by atoms with van der Waals surface area (Å²) in [6.45, 7) is 0. The largest absolute Gasteiger partial charge is 0.507 e. The molecule has 0 aliphatic heterocycles. The summed E-state index contributed by atoms with van der Waals surface area (Å²) in [5.74, 6) is -6.52. The van der Waals surface area contributed by atoms with Crippen molar-refractivity contribution in [2.45, 2.75) is 0 Å². The van der Waals surface area contributed by atoms with Gasteiger partial charge >= 0.3 is 29.8 Å². The van der Waals surface area contributed by atoms with Crippen molar-refractivity contribution >= 4 is 69.9 Å². The van der Waals surface area contributed by atoms with E-state index in [0.717, 1.165) is 0 Å². The number of aromatic hydroxyl groups is 4. The fourth-order valence-electron chi connectivity index (χ4n) is 5.37. The molecule has 0 spiro atoms. The van der Waals surface area contributed by atoms with Gasteiger partial charge in [0.2, 0.25) is 0 Å². The van der Waals surface area contributed by atoms with Gasteiger partial charge in [-0.05, 0) is 91.0 Å². The predicted molar refractivity (Wildman–Crippen MR) is 269 cm³/mol. The number of ether oxygens (including phenoxy) is 2. The highest BCUT2D eigenvalue weighted by atomic mass is 16.5. The second kappa shape index (κ2) is 29.6. The third-order valence-electron chi connectivity index (χ3n) is 9.04. The summed E-state index contributed by atoms with van der Waals surface area (Å²) in [6, 6.07) is 26.1. The van der Waals surface area contributed by atoms with Crippen LogP contribution in [0.3, 0.4) is 0 Å². The number of nitrogens with zero attached hydrogens (tertiary/aromatic N) is 1. The number of nitrogens with two attached hydrogens (primary N) is 3. The van der Waals surface area contributed by atoms with Crippen LogP contribution in [0.15, 0.2) is 109 Å². The molecule has 6 aromatic carbocycles. The minimum atomic E-state index is -1.13. The Kier molecular flexibility index (Phi) is 24.6. The molecule has 0 fully saturated rings.